The van der Waals surface area contributed by atoms with Gasteiger partial charge < -0.3 is 20.0 Å². The number of rotatable bonds is 7. The molecule has 7 heteroatoms. The zero-order valence-electron chi connectivity index (χ0n) is 18.8. The maximum absolute atomic E-state index is 5.82. The molecule has 0 unspecified atom stereocenters. The van der Waals surface area contributed by atoms with Crippen LogP contribution in [0.4, 0.5) is 5.69 Å². The largest absolute Gasteiger partial charge is 0.443 e. The summed E-state index contributed by atoms with van der Waals surface area (Å²) in [6.07, 6.45) is 2.89. The Balaban J connectivity index is 1.31. The number of aliphatic imine (C=N–C) groups is 1. The van der Waals surface area contributed by atoms with E-state index < -0.39 is 0 Å². The zero-order valence-corrected chi connectivity index (χ0v) is 18.8. The maximum atomic E-state index is 5.82. The van der Waals surface area contributed by atoms with E-state index in [0.29, 0.717) is 12.4 Å². The Morgan fingerprint density at radius 2 is 1.83 bits per heavy atom. The van der Waals surface area contributed by atoms with E-state index >= 15 is 0 Å². The molecule has 1 fully saturated rings. The van der Waals surface area contributed by atoms with E-state index in [1.807, 2.05) is 6.20 Å². The fourth-order valence-electron chi connectivity index (χ4n) is 3.50. The molecule has 0 radical (unpaired) electrons. The highest BCUT2D eigenvalue weighted by molar-refractivity contribution is 5.79. The van der Waals surface area contributed by atoms with E-state index in [1.54, 1.807) is 7.05 Å². The van der Waals surface area contributed by atoms with Crippen LogP contribution in [-0.2, 0) is 12.0 Å². The summed E-state index contributed by atoms with van der Waals surface area (Å²) in [7, 11) is 1.79. The van der Waals surface area contributed by atoms with Crippen LogP contribution in [-0.4, -0.2) is 62.2 Å². The molecule has 30 heavy (non-hydrogen) atoms. The third-order valence-electron chi connectivity index (χ3n) is 5.36. The second-order valence-electron chi connectivity index (χ2n) is 8.74. The summed E-state index contributed by atoms with van der Waals surface area (Å²) in [6.45, 7) is 13.3. The summed E-state index contributed by atoms with van der Waals surface area (Å²) in [5, 5.41) is 6.66. The van der Waals surface area contributed by atoms with Gasteiger partial charge in [0.15, 0.2) is 5.96 Å². The number of hydrogen-bond acceptors (Lipinski definition) is 5. The molecule has 3 rings (SSSR count). The van der Waals surface area contributed by atoms with E-state index in [4.69, 9.17) is 4.42 Å². The van der Waals surface area contributed by atoms with Gasteiger partial charge in [-0.1, -0.05) is 39.0 Å². The van der Waals surface area contributed by atoms with Crippen molar-refractivity contribution in [3.8, 4) is 0 Å². The first-order valence-corrected chi connectivity index (χ1v) is 10.9. The zero-order chi connectivity index (χ0) is 21.4. The first kappa shape index (κ1) is 22.2. The fraction of sp³-hybridized carbons (Fsp3) is 0.565. The number of hydrogen-bond donors (Lipinski definition) is 2. The van der Waals surface area contributed by atoms with Gasteiger partial charge in [-0.3, -0.25) is 9.89 Å². The maximum Gasteiger partial charge on any atom is 0.213 e. The summed E-state index contributed by atoms with van der Waals surface area (Å²) >= 11 is 0. The van der Waals surface area contributed by atoms with Crippen molar-refractivity contribution >= 4 is 11.6 Å². The van der Waals surface area contributed by atoms with Gasteiger partial charge in [0.2, 0.25) is 5.89 Å². The van der Waals surface area contributed by atoms with Gasteiger partial charge >= 0.3 is 0 Å². The standard InChI is InChI=1S/C23H36N6O/c1-23(2,3)20-17-26-21(30-20)18-27-22(24-4)25-11-8-12-28-13-15-29(16-14-28)19-9-6-5-7-10-19/h5-7,9-10,17H,8,11-16,18H2,1-4H3,(H2,24,25,27). The molecule has 2 N–H and O–H groups in total. The molecule has 0 saturated carbocycles. The van der Waals surface area contributed by atoms with Crippen LogP contribution in [0.5, 0.6) is 0 Å². The number of para-hydroxylation sites is 1. The van der Waals surface area contributed by atoms with Gasteiger partial charge in [0.05, 0.1) is 12.7 Å². The summed E-state index contributed by atoms with van der Waals surface area (Å²) in [6, 6.07) is 10.7. The van der Waals surface area contributed by atoms with Gasteiger partial charge in [-0.05, 0) is 25.1 Å². The Morgan fingerprint density at radius 1 is 1.10 bits per heavy atom. The molecule has 7 nitrogen and oxygen atoms in total. The van der Waals surface area contributed by atoms with Crippen LogP contribution in [0.1, 0.15) is 38.8 Å². The Bertz CT molecular complexity index is 788. The molecule has 1 aromatic carbocycles. The normalized spacial score (nSPS) is 16.0. The number of guanidine groups is 1. The molecule has 1 aromatic heterocycles. The predicted molar refractivity (Wildman–Crippen MR) is 123 cm³/mol. The molecular formula is C23H36N6O. The molecule has 0 aliphatic carbocycles. The molecule has 0 bridgehead atoms. The molecule has 164 valence electrons. The molecule has 0 atom stereocenters. The van der Waals surface area contributed by atoms with Crippen molar-refractivity contribution < 1.29 is 4.42 Å². The van der Waals surface area contributed by atoms with Gasteiger partial charge in [0, 0.05) is 50.9 Å². The summed E-state index contributed by atoms with van der Waals surface area (Å²) in [5.74, 6) is 2.35. The van der Waals surface area contributed by atoms with Gasteiger partial charge in [0.1, 0.15) is 5.76 Å². The monoisotopic (exact) mass is 412 g/mol. The van der Waals surface area contributed by atoms with E-state index in [2.05, 4.69) is 81.5 Å². The first-order chi connectivity index (χ1) is 14.5. The second kappa shape index (κ2) is 10.5. The average molecular weight is 413 g/mol. The van der Waals surface area contributed by atoms with Crippen molar-refractivity contribution in [1.82, 2.24) is 20.5 Å². The van der Waals surface area contributed by atoms with Crippen LogP contribution in [0.25, 0.3) is 0 Å². The molecule has 1 aliphatic rings. The van der Waals surface area contributed by atoms with Crippen LogP contribution in [0.15, 0.2) is 45.9 Å². The molecule has 2 aromatic rings. The minimum Gasteiger partial charge on any atom is -0.443 e. The summed E-state index contributed by atoms with van der Waals surface area (Å²) < 4.78 is 5.82. The number of anilines is 1. The first-order valence-electron chi connectivity index (χ1n) is 10.9. The van der Waals surface area contributed by atoms with Gasteiger partial charge in [-0.2, -0.15) is 0 Å². The summed E-state index contributed by atoms with van der Waals surface area (Å²) in [4.78, 5) is 13.6. The molecule has 1 saturated heterocycles. The number of nitrogens with zero attached hydrogens (tertiary/aromatic N) is 4. The topological polar surface area (TPSA) is 68.9 Å². The Kier molecular flexibility index (Phi) is 7.74. The number of benzene rings is 1. The van der Waals surface area contributed by atoms with Crippen LogP contribution in [0.3, 0.4) is 0 Å². The van der Waals surface area contributed by atoms with Crippen LogP contribution in [0.2, 0.25) is 0 Å². The highest BCUT2D eigenvalue weighted by Crippen LogP contribution is 2.22. The van der Waals surface area contributed by atoms with Crippen LogP contribution < -0.4 is 15.5 Å². The number of aromatic nitrogens is 1. The van der Waals surface area contributed by atoms with Gasteiger partial charge in [-0.15, -0.1) is 0 Å². The van der Waals surface area contributed by atoms with Gasteiger partial charge in [-0.25, -0.2) is 4.98 Å². The van der Waals surface area contributed by atoms with Crippen molar-refractivity contribution in [3.05, 3.63) is 48.2 Å². The third kappa shape index (κ3) is 6.49. The number of nitrogens with one attached hydrogen (secondary N) is 2. The quantitative estimate of drug-likeness (QED) is 0.414. The second-order valence-corrected chi connectivity index (χ2v) is 8.74. The molecule has 0 amide bonds. The van der Waals surface area contributed by atoms with Crippen molar-refractivity contribution in [1.29, 1.82) is 0 Å². The minimum atomic E-state index is -0.0300. The lowest BCUT2D eigenvalue weighted by atomic mass is 9.94. The molecule has 1 aliphatic heterocycles. The molecular weight excluding hydrogens is 376 g/mol. The van der Waals surface area contributed by atoms with Crippen LogP contribution in [0, 0.1) is 0 Å². The van der Waals surface area contributed by atoms with Crippen molar-refractivity contribution in [3.63, 3.8) is 0 Å². The highest BCUT2D eigenvalue weighted by atomic mass is 16.4. The fourth-order valence-corrected chi connectivity index (χ4v) is 3.50. The number of oxazole rings is 1. The molecule has 0 spiro atoms. The number of piperazine rings is 1. The lowest BCUT2D eigenvalue weighted by Crippen LogP contribution is -2.47. The van der Waals surface area contributed by atoms with E-state index in [1.165, 1.54) is 5.69 Å². The van der Waals surface area contributed by atoms with Crippen LogP contribution >= 0.6 is 0 Å². The molecule has 2 heterocycles. The predicted octanol–water partition coefficient (Wildman–Crippen LogP) is 2.85. The van der Waals surface area contributed by atoms with Crippen molar-refractivity contribution in [2.24, 2.45) is 4.99 Å². The van der Waals surface area contributed by atoms with Crippen molar-refractivity contribution in [2.45, 2.75) is 39.2 Å². The van der Waals surface area contributed by atoms with Gasteiger partial charge in [0.25, 0.3) is 0 Å². The minimum absolute atomic E-state index is 0.0300. The lowest BCUT2D eigenvalue weighted by Gasteiger charge is -2.36. The van der Waals surface area contributed by atoms with Crippen molar-refractivity contribution in [2.75, 3.05) is 51.2 Å². The Labute approximate surface area is 180 Å². The Hall–Kier alpha value is -2.54. The van der Waals surface area contributed by atoms with E-state index in [0.717, 1.165) is 57.4 Å². The average Bonchev–Trinajstić information content (AvgIpc) is 3.24. The van der Waals surface area contributed by atoms with E-state index in [9.17, 15) is 0 Å². The van der Waals surface area contributed by atoms with E-state index in [-0.39, 0.29) is 5.41 Å². The smallest absolute Gasteiger partial charge is 0.213 e. The summed E-state index contributed by atoms with van der Waals surface area (Å²) in [5.41, 5.74) is 1.30. The SMILES string of the molecule is CN=C(NCCCN1CCN(c2ccccc2)CC1)NCc1ncc(C(C)(C)C)o1. The highest BCUT2D eigenvalue weighted by Gasteiger charge is 2.19. The Morgan fingerprint density at radius 3 is 2.47 bits per heavy atom. The third-order valence-corrected chi connectivity index (χ3v) is 5.36. The lowest BCUT2D eigenvalue weighted by molar-refractivity contribution is 0.255.